The van der Waals surface area contributed by atoms with Crippen LogP contribution in [0.4, 0.5) is 4.79 Å². The van der Waals surface area contributed by atoms with Crippen molar-refractivity contribution in [2.75, 3.05) is 6.61 Å². The second-order valence-corrected chi connectivity index (χ2v) is 4.20. The Bertz CT molecular complexity index is 249. The van der Waals surface area contributed by atoms with E-state index in [0.29, 0.717) is 0 Å². The van der Waals surface area contributed by atoms with Gasteiger partial charge in [0.25, 0.3) is 0 Å². The maximum Gasteiger partial charge on any atom is 0.408 e. The number of carboxylic acid groups (broad SMARTS) is 1. The highest BCUT2D eigenvalue weighted by Crippen LogP contribution is 2.07. The van der Waals surface area contributed by atoms with Gasteiger partial charge in [-0.3, -0.25) is 0 Å². The number of carbonyl (C=O) groups is 2. The van der Waals surface area contributed by atoms with Crippen molar-refractivity contribution in [1.29, 1.82) is 0 Å². The van der Waals surface area contributed by atoms with Gasteiger partial charge in [0.05, 0.1) is 6.61 Å². The van der Waals surface area contributed by atoms with Crippen LogP contribution in [0.2, 0.25) is 0 Å². The first kappa shape index (κ1) is 14.7. The molecule has 0 aliphatic rings. The Labute approximate surface area is 93.8 Å². The summed E-state index contributed by atoms with van der Waals surface area (Å²) >= 11 is 0. The molecule has 16 heavy (non-hydrogen) atoms. The Balaban J connectivity index is 4.19. The van der Waals surface area contributed by atoms with E-state index in [-0.39, 0.29) is 13.0 Å². The number of nitrogens with one attached hydrogen (secondary N) is 1. The van der Waals surface area contributed by atoms with Crippen LogP contribution in [0.1, 0.15) is 27.2 Å². The highest BCUT2D eigenvalue weighted by Gasteiger charge is 2.23. The van der Waals surface area contributed by atoms with Crippen molar-refractivity contribution in [1.82, 2.24) is 5.32 Å². The van der Waals surface area contributed by atoms with Crippen LogP contribution in [0.3, 0.4) is 0 Å². The number of nitrogens with two attached hydrogens (primary N) is 1. The molecule has 0 aromatic carbocycles. The number of hydrogen-bond acceptors (Lipinski definition) is 5. The van der Waals surface area contributed by atoms with Crippen molar-refractivity contribution in [2.24, 2.45) is 5.90 Å². The zero-order valence-corrected chi connectivity index (χ0v) is 9.65. The van der Waals surface area contributed by atoms with Crippen molar-refractivity contribution >= 4 is 12.1 Å². The van der Waals surface area contributed by atoms with Crippen LogP contribution in [0.5, 0.6) is 0 Å². The molecule has 0 spiro atoms. The van der Waals surface area contributed by atoms with Crippen LogP contribution in [0.25, 0.3) is 0 Å². The van der Waals surface area contributed by atoms with E-state index in [1.165, 1.54) is 0 Å². The molecule has 0 aliphatic heterocycles. The normalized spacial score (nSPS) is 13.0. The fraction of sp³-hybridized carbons (Fsp3) is 0.778. The number of ether oxygens (including phenoxy) is 1. The molecule has 0 unspecified atom stereocenters. The number of alkyl carbamates (subject to hydrolysis) is 1. The number of carbonyl (C=O) groups excluding carboxylic acids is 1. The van der Waals surface area contributed by atoms with Crippen LogP contribution in [0.15, 0.2) is 0 Å². The van der Waals surface area contributed by atoms with E-state index >= 15 is 0 Å². The molecule has 94 valence electrons. The quantitative estimate of drug-likeness (QED) is 0.588. The molecule has 0 heterocycles. The number of aliphatic carboxylic acids is 1. The van der Waals surface area contributed by atoms with Crippen LogP contribution in [-0.2, 0) is 14.4 Å². The summed E-state index contributed by atoms with van der Waals surface area (Å²) in [4.78, 5) is 26.3. The molecular formula is C9H18N2O5. The van der Waals surface area contributed by atoms with Crippen molar-refractivity contribution in [3.63, 3.8) is 0 Å². The number of carboxylic acids is 1. The van der Waals surface area contributed by atoms with Crippen molar-refractivity contribution in [3.05, 3.63) is 0 Å². The third-order valence-electron chi connectivity index (χ3n) is 1.51. The fourth-order valence-corrected chi connectivity index (χ4v) is 0.893. The third-order valence-corrected chi connectivity index (χ3v) is 1.51. The highest BCUT2D eigenvalue weighted by molar-refractivity contribution is 5.79. The lowest BCUT2D eigenvalue weighted by Crippen LogP contribution is -2.44. The van der Waals surface area contributed by atoms with Crippen LogP contribution < -0.4 is 11.2 Å². The smallest absolute Gasteiger partial charge is 0.408 e. The summed E-state index contributed by atoms with van der Waals surface area (Å²) in [6.07, 6.45) is -0.706. The van der Waals surface area contributed by atoms with Gasteiger partial charge in [0.15, 0.2) is 0 Å². The van der Waals surface area contributed by atoms with E-state index in [1.54, 1.807) is 20.8 Å². The average Bonchev–Trinajstić information content (AvgIpc) is 2.08. The highest BCUT2D eigenvalue weighted by atomic mass is 16.6. The minimum atomic E-state index is -1.16. The first-order chi connectivity index (χ1) is 7.26. The van der Waals surface area contributed by atoms with Gasteiger partial charge in [-0.25, -0.2) is 15.5 Å². The summed E-state index contributed by atoms with van der Waals surface area (Å²) in [6, 6.07) is -1.07. The van der Waals surface area contributed by atoms with Gasteiger partial charge in [-0.15, -0.1) is 0 Å². The van der Waals surface area contributed by atoms with Crippen molar-refractivity contribution in [3.8, 4) is 0 Å². The van der Waals surface area contributed by atoms with Gasteiger partial charge in [0, 0.05) is 6.42 Å². The van der Waals surface area contributed by atoms with Gasteiger partial charge in [-0.2, -0.15) is 0 Å². The number of amides is 1. The Kier molecular flexibility index (Phi) is 5.76. The van der Waals surface area contributed by atoms with Gasteiger partial charge in [0.1, 0.15) is 11.6 Å². The van der Waals surface area contributed by atoms with Gasteiger partial charge >= 0.3 is 12.1 Å². The molecule has 0 aromatic rings. The number of hydrogen-bond donors (Lipinski definition) is 3. The largest absolute Gasteiger partial charge is 0.480 e. The van der Waals surface area contributed by atoms with Crippen LogP contribution >= 0.6 is 0 Å². The predicted molar refractivity (Wildman–Crippen MR) is 55.5 cm³/mol. The minimum absolute atomic E-state index is 0.0345. The molecule has 7 nitrogen and oxygen atoms in total. The molecule has 0 saturated carbocycles. The molecular weight excluding hydrogens is 216 g/mol. The lowest BCUT2D eigenvalue weighted by Gasteiger charge is -2.21. The standard InChI is InChI=1S/C9H18N2O5/c1-9(2,3)16-8(14)11-6(7(12)13)4-5-15-10/h6H,4-5,10H2,1-3H3,(H,11,14)(H,12,13)/t6-/m0/s1. The maximum atomic E-state index is 11.3. The van der Waals surface area contributed by atoms with E-state index in [0.717, 1.165) is 0 Å². The van der Waals surface area contributed by atoms with E-state index < -0.39 is 23.7 Å². The van der Waals surface area contributed by atoms with E-state index in [2.05, 4.69) is 10.2 Å². The van der Waals surface area contributed by atoms with Gasteiger partial charge in [0.2, 0.25) is 0 Å². The Morgan fingerprint density at radius 3 is 2.38 bits per heavy atom. The summed E-state index contributed by atoms with van der Waals surface area (Å²) in [7, 11) is 0. The van der Waals surface area contributed by atoms with Crippen LogP contribution in [0, 0.1) is 0 Å². The molecule has 0 bridgehead atoms. The summed E-state index contributed by atoms with van der Waals surface area (Å²) in [5.41, 5.74) is -0.669. The van der Waals surface area contributed by atoms with Gasteiger partial charge < -0.3 is 20.0 Å². The Morgan fingerprint density at radius 2 is 2.00 bits per heavy atom. The van der Waals surface area contributed by atoms with E-state index in [4.69, 9.17) is 15.7 Å². The second kappa shape index (κ2) is 6.29. The first-order valence-electron chi connectivity index (χ1n) is 4.80. The monoisotopic (exact) mass is 234 g/mol. The average molecular weight is 234 g/mol. The topological polar surface area (TPSA) is 111 Å². The zero-order valence-electron chi connectivity index (χ0n) is 9.65. The molecule has 0 radical (unpaired) electrons. The summed E-state index contributed by atoms with van der Waals surface area (Å²) in [5.74, 6) is 3.61. The van der Waals surface area contributed by atoms with Gasteiger partial charge in [-0.05, 0) is 20.8 Å². The molecule has 0 fully saturated rings. The Hall–Kier alpha value is -1.34. The zero-order chi connectivity index (χ0) is 12.8. The fourth-order valence-electron chi connectivity index (χ4n) is 0.893. The van der Waals surface area contributed by atoms with Crippen molar-refractivity contribution < 1.29 is 24.3 Å². The van der Waals surface area contributed by atoms with Gasteiger partial charge in [-0.1, -0.05) is 0 Å². The molecule has 7 heteroatoms. The van der Waals surface area contributed by atoms with Crippen molar-refractivity contribution in [2.45, 2.75) is 38.8 Å². The van der Waals surface area contributed by atoms with E-state index in [9.17, 15) is 9.59 Å². The summed E-state index contributed by atoms with van der Waals surface area (Å²) in [6.45, 7) is 5.09. The Morgan fingerprint density at radius 1 is 1.44 bits per heavy atom. The molecule has 0 aromatic heterocycles. The lowest BCUT2D eigenvalue weighted by molar-refractivity contribution is -0.140. The maximum absolute atomic E-state index is 11.3. The third kappa shape index (κ3) is 7.02. The van der Waals surface area contributed by atoms with Crippen LogP contribution in [-0.4, -0.2) is 35.4 Å². The lowest BCUT2D eigenvalue weighted by atomic mass is 10.2. The molecule has 4 N–H and O–H groups in total. The SMILES string of the molecule is CC(C)(C)OC(=O)N[C@@H](CCON)C(=O)O. The molecule has 0 saturated heterocycles. The van der Waals surface area contributed by atoms with E-state index in [1.807, 2.05) is 0 Å². The molecule has 1 amide bonds. The minimum Gasteiger partial charge on any atom is -0.480 e. The second-order valence-electron chi connectivity index (χ2n) is 4.20. The first-order valence-corrected chi connectivity index (χ1v) is 4.80. The predicted octanol–water partition coefficient (Wildman–Crippen LogP) is 0.245. The molecule has 0 aliphatic carbocycles. The summed E-state index contributed by atoms with van der Waals surface area (Å²) in [5, 5.41) is 11.0. The summed E-state index contributed by atoms with van der Waals surface area (Å²) < 4.78 is 4.91. The molecule has 1 atom stereocenters. The number of rotatable bonds is 5. The molecule has 0 rings (SSSR count).